The lowest BCUT2D eigenvalue weighted by atomic mass is 9.59. The summed E-state index contributed by atoms with van der Waals surface area (Å²) in [4.78, 5) is 26.3. The van der Waals surface area contributed by atoms with Crippen molar-refractivity contribution in [1.82, 2.24) is 4.90 Å². The van der Waals surface area contributed by atoms with Crippen LogP contribution in [0.4, 0.5) is 0 Å². The van der Waals surface area contributed by atoms with Crippen LogP contribution in [0.5, 0.6) is 0 Å². The Morgan fingerprint density at radius 1 is 1.18 bits per heavy atom. The van der Waals surface area contributed by atoms with E-state index >= 15 is 0 Å². The average molecular weight is 552 g/mol. The van der Waals surface area contributed by atoms with Crippen molar-refractivity contribution >= 4 is 23.5 Å². The number of halogens is 1. The van der Waals surface area contributed by atoms with Crippen molar-refractivity contribution in [2.45, 2.75) is 84.2 Å². The van der Waals surface area contributed by atoms with Crippen molar-refractivity contribution in [1.29, 1.82) is 0 Å². The highest BCUT2D eigenvalue weighted by Crippen LogP contribution is 2.52. The molecule has 1 saturated carbocycles. The van der Waals surface area contributed by atoms with Crippen LogP contribution in [0.1, 0.15) is 82.4 Å². The minimum absolute atomic E-state index is 0.0195. The molecule has 0 bridgehead atoms. The van der Waals surface area contributed by atoms with E-state index in [2.05, 4.69) is 51.1 Å². The van der Waals surface area contributed by atoms with Gasteiger partial charge in [-0.3, -0.25) is 9.59 Å². The van der Waals surface area contributed by atoms with Gasteiger partial charge in [-0.2, -0.15) is 0 Å². The van der Waals surface area contributed by atoms with Gasteiger partial charge < -0.3 is 14.7 Å². The molecule has 5 nitrogen and oxygen atoms in total. The van der Waals surface area contributed by atoms with Gasteiger partial charge in [-0.15, -0.1) is 0 Å². The first kappa shape index (κ1) is 29.4. The fraction of sp³-hybridized carbons (Fsp3) is 0.515. The summed E-state index contributed by atoms with van der Waals surface area (Å²) < 4.78 is 6.05. The molecule has 0 aromatic heterocycles. The maximum absolute atomic E-state index is 13.4. The van der Waals surface area contributed by atoms with Crippen molar-refractivity contribution < 1.29 is 19.4 Å². The molecule has 2 aromatic rings. The molecular weight excluding hydrogens is 510 g/mol. The number of benzene rings is 2. The second-order valence-electron chi connectivity index (χ2n) is 12.4. The third kappa shape index (κ3) is 7.52. The molecule has 1 aliphatic heterocycles. The topological polar surface area (TPSA) is 66.8 Å². The molecule has 0 radical (unpaired) electrons. The lowest BCUT2D eigenvalue weighted by Crippen LogP contribution is -2.47. The highest BCUT2D eigenvalue weighted by atomic mass is 35.5. The Morgan fingerprint density at radius 3 is 2.64 bits per heavy atom. The third-order valence-corrected chi connectivity index (χ3v) is 8.61. The number of nitrogens with zero attached hydrogens (tertiary/aromatic N) is 1. The Kier molecular flexibility index (Phi) is 9.56. The summed E-state index contributed by atoms with van der Waals surface area (Å²) >= 11 is 6.85. The van der Waals surface area contributed by atoms with Crippen LogP contribution in [0.25, 0.3) is 0 Å². The monoisotopic (exact) mass is 551 g/mol. The van der Waals surface area contributed by atoms with Gasteiger partial charge in [0.25, 0.3) is 0 Å². The van der Waals surface area contributed by atoms with Gasteiger partial charge in [0.2, 0.25) is 5.91 Å². The Hall–Kier alpha value is -2.63. The maximum atomic E-state index is 13.4. The van der Waals surface area contributed by atoms with Gasteiger partial charge in [-0.25, -0.2) is 0 Å². The molecule has 0 saturated heterocycles. The van der Waals surface area contributed by atoms with Crippen LogP contribution in [0, 0.1) is 11.3 Å². The van der Waals surface area contributed by atoms with E-state index in [1.807, 2.05) is 24.4 Å². The summed E-state index contributed by atoms with van der Waals surface area (Å²) in [6.45, 7) is 8.11. The van der Waals surface area contributed by atoms with E-state index in [1.54, 1.807) is 4.90 Å². The quantitative estimate of drug-likeness (QED) is 0.293. The molecule has 2 unspecified atom stereocenters. The molecule has 0 spiro atoms. The zero-order valence-corrected chi connectivity index (χ0v) is 24.3. The van der Waals surface area contributed by atoms with Crippen molar-refractivity contribution in [3.8, 4) is 0 Å². The van der Waals surface area contributed by atoms with Crippen LogP contribution in [0.3, 0.4) is 0 Å². The van der Waals surface area contributed by atoms with Gasteiger partial charge in [0, 0.05) is 36.2 Å². The van der Waals surface area contributed by atoms with Gasteiger partial charge in [0.15, 0.2) is 0 Å². The molecule has 1 heterocycles. The number of allylic oxidation sites excluding steroid dienone is 1. The van der Waals surface area contributed by atoms with Gasteiger partial charge in [0.05, 0.1) is 13.0 Å². The Balaban J connectivity index is 1.59. The Labute approximate surface area is 238 Å². The van der Waals surface area contributed by atoms with E-state index < -0.39 is 11.4 Å². The van der Waals surface area contributed by atoms with Crippen molar-refractivity contribution in [3.05, 3.63) is 82.0 Å². The smallest absolute Gasteiger partial charge is 0.305 e. The first-order chi connectivity index (χ1) is 18.6. The zero-order valence-electron chi connectivity index (χ0n) is 23.5. The molecular formula is C33H42ClNO4. The molecule has 6 heteroatoms. The van der Waals surface area contributed by atoms with E-state index in [4.69, 9.17) is 16.3 Å². The fourth-order valence-corrected chi connectivity index (χ4v) is 6.30. The van der Waals surface area contributed by atoms with E-state index in [9.17, 15) is 14.7 Å². The van der Waals surface area contributed by atoms with Crippen LogP contribution in [0.2, 0.25) is 5.02 Å². The number of carboxylic acid groups (broad SMARTS) is 1. The first-order valence-electron chi connectivity index (χ1n) is 14.2. The number of aryl methyl sites for hydroxylation is 1. The third-order valence-electron chi connectivity index (χ3n) is 8.26. The van der Waals surface area contributed by atoms with E-state index in [0.717, 1.165) is 60.2 Å². The summed E-state index contributed by atoms with van der Waals surface area (Å²) in [6.07, 6.45) is 8.00. The van der Waals surface area contributed by atoms with Crippen LogP contribution in [-0.4, -0.2) is 35.0 Å². The summed E-state index contributed by atoms with van der Waals surface area (Å²) in [5.41, 5.74) is 4.43. The fourth-order valence-electron chi connectivity index (χ4n) is 6.03. The maximum Gasteiger partial charge on any atom is 0.305 e. The van der Waals surface area contributed by atoms with E-state index in [1.165, 1.54) is 5.57 Å². The molecule has 1 N–H and O–H groups in total. The predicted octanol–water partition coefficient (Wildman–Crippen LogP) is 7.55. The molecule has 2 aliphatic rings. The van der Waals surface area contributed by atoms with E-state index in [-0.39, 0.29) is 30.2 Å². The first-order valence-corrected chi connectivity index (χ1v) is 14.6. The molecule has 1 fully saturated rings. The molecule has 2 aromatic carbocycles. The lowest BCUT2D eigenvalue weighted by molar-refractivity contribution is -0.138. The molecule has 4 rings (SSSR count). The summed E-state index contributed by atoms with van der Waals surface area (Å²) in [6, 6.07) is 16.6. The number of amides is 1. The van der Waals surface area contributed by atoms with Crippen LogP contribution in [0.15, 0.2) is 60.3 Å². The molecule has 39 heavy (non-hydrogen) atoms. The molecule has 2 atom stereocenters. The Morgan fingerprint density at radius 2 is 1.95 bits per heavy atom. The van der Waals surface area contributed by atoms with Crippen LogP contribution < -0.4 is 0 Å². The summed E-state index contributed by atoms with van der Waals surface area (Å²) in [5.74, 6) is -0.659. The predicted molar refractivity (Wildman–Crippen MR) is 156 cm³/mol. The largest absolute Gasteiger partial charge is 0.481 e. The van der Waals surface area contributed by atoms with Crippen molar-refractivity contribution in [2.75, 3.05) is 13.2 Å². The van der Waals surface area contributed by atoms with Gasteiger partial charge in [0.1, 0.15) is 0 Å². The van der Waals surface area contributed by atoms with Crippen LogP contribution >= 0.6 is 11.6 Å². The number of carbonyl (C=O) groups excluding carboxylic acids is 1. The van der Waals surface area contributed by atoms with Crippen molar-refractivity contribution in [2.24, 2.45) is 11.3 Å². The second kappa shape index (κ2) is 12.7. The van der Waals surface area contributed by atoms with Gasteiger partial charge in [-0.05, 0) is 71.8 Å². The van der Waals surface area contributed by atoms with Gasteiger partial charge >= 0.3 is 5.97 Å². The number of hydrogen-bond donors (Lipinski definition) is 1. The normalized spacial score (nSPS) is 21.4. The average Bonchev–Trinajstić information content (AvgIpc) is 2.89. The standard InChI is InChI=1S/C33H42ClNO4/c1-32(2,3)17-13-26-11-12-27(20-29(26)34)33-16-7-10-25(15-19-39-23-24-8-5-4-6-9-24)28(33)22-35(30(36)21-33)18-14-31(37)38/h4-6,8-9,11-12,20,22,25H,7,10,13-19,21,23H2,1-3H3,(H,37,38). The second-order valence-corrected chi connectivity index (χ2v) is 12.8. The number of aliphatic carboxylic acids is 1. The number of fused-ring (bicyclic) bond motifs is 1. The number of carboxylic acids is 1. The number of ether oxygens (including phenoxy) is 1. The highest BCUT2D eigenvalue weighted by Gasteiger charge is 2.47. The summed E-state index contributed by atoms with van der Waals surface area (Å²) in [7, 11) is 0. The Bertz CT molecular complexity index is 1190. The molecule has 1 amide bonds. The van der Waals surface area contributed by atoms with Crippen LogP contribution in [-0.2, 0) is 32.8 Å². The zero-order chi connectivity index (χ0) is 28.0. The minimum atomic E-state index is -0.898. The molecule has 1 aliphatic carbocycles. The highest BCUT2D eigenvalue weighted by molar-refractivity contribution is 6.31. The number of rotatable bonds is 11. The van der Waals surface area contributed by atoms with Crippen molar-refractivity contribution in [3.63, 3.8) is 0 Å². The minimum Gasteiger partial charge on any atom is -0.481 e. The SMILES string of the molecule is CC(C)(C)CCc1ccc(C23CCCC(CCOCc4ccccc4)C2=CN(CCC(=O)O)C(=O)C3)cc1Cl. The summed E-state index contributed by atoms with van der Waals surface area (Å²) in [5, 5.41) is 10.0. The lowest BCUT2D eigenvalue weighted by Gasteiger charge is -2.48. The van der Waals surface area contributed by atoms with E-state index in [0.29, 0.717) is 19.6 Å². The molecule has 210 valence electrons. The number of hydrogen-bond acceptors (Lipinski definition) is 3. The van der Waals surface area contributed by atoms with Gasteiger partial charge in [-0.1, -0.05) is 81.3 Å². The number of carbonyl (C=O) groups is 2.